The van der Waals surface area contributed by atoms with Crippen molar-refractivity contribution in [1.82, 2.24) is 24.6 Å². The van der Waals surface area contributed by atoms with Crippen LogP contribution in [0.5, 0.6) is 5.88 Å². The maximum atomic E-state index is 15.2. The van der Waals surface area contributed by atoms with E-state index in [1.807, 2.05) is 0 Å². The summed E-state index contributed by atoms with van der Waals surface area (Å²) >= 11 is 5.70. The summed E-state index contributed by atoms with van der Waals surface area (Å²) < 4.78 is 50.7. The van der Waals surface area contributed by atoms with Crippen LogP contribution in [0, 0.1) is 12.7 Å². The van der Waals surface area contributed by atoms with Crippen LogP contribution < -0.4 is 10.1 Å². The number of rotatable bonds is 8. The van der Waals surface area contributed by atoms with Gasteiger partial charge in [-0.15, -0.1) is 11.6 Å². The zero-order valence-electron chi connectivity index (χ0n) is 16.4. The first-order valence-corrected chi connectivity index (χ1v) is 9.93. The lowest BCUT2D eigenvalue weighted by Gasteiger charge is -2.18. The smallest absolute Gasteiger partial charge is 0.331 e. The fourth-order valence-corrected chi connectivity index (χ4v) is 3.05. The number of aryl methyl sites for hydroxylation is 1. The third-order valence-corrected chi connectivity index (χ3v) is 4.70. The Balaban J connectivity index is 1.81. The van der Waals surface area contributed by atoms with Crippen LogP contribution in [0.4, 0.5) is 24.9 Å². The quantitative estimate of drug-likeness (QED) is 0.298. The van der Waals surface area contributed by atoms with Crippen LogP contribution in [0.1, 0.15) is 23.5 Å². The summed E-state index contributed by atoms with van der Waals surface area (Å²) in [7, 11) is 0. The highest BCUT2D eigenvalue weighted by molar-refractivity contribution is 6.17. The van der Waals surface area contributed by atoms with E-state index in [9.17, 15) is 4.39 Å². The number of H-pyrrole nitrogens is 1. The molecule has 3 aromatic heterocycles. The number of fused-ring (bicyclic) bond motifs is 1. The number of alkyl halides is 3. The van der Waals surface area contributed by atoms with Crippen molar-refractivity contribution in [3.63, 3.8) is 0 Å². The summed E-state index contributed by atoms with van der Waals surface area (Å²) in [6.07, 6.45) is 0.609. The van der Waals surface area contributed by atoms with E-state index in [1.165, 1.54) is 4.40 Å². The number of hydrogen-bond acceptors (Lipinski definition) is 5. The summed E-state index contributed by atoms with van der Waals surface area (Å²) in [5, 5.41) is 9.77. The number of hydrogen-bond donors (Lipinski definition) is 2. The summed E-state index contributed by atoms with van der Waals surface area (Å²) in [4.78, 5) is 8.11. The Kier molecular flexibility index (Phi) is 5.73. The standard InChI is InChI=1S/C20H18ClF3N6O/c1-12-11-15(29-28-12)25-19-27-18(20(23,24)13-3-5-14(22)6-4-13)26-16-7-8-17(30(16)19)31-10-2-9-21/h3-8,11H,2,9-10H2,1H3,(H2,25,26,27,28,29). The summed E-state index contributed by atoms with van der Waals surface area (Å²) in [6, 6.07) is 8.80. The molecule has 7 nitrogen and oxygen atoms in total. The molecule has 0 radical (unpaired) electrons. The van der Waals surface area contributed by atoms with Gasteiger partial charge in [0.15, 0.2) is 5.82 Å². The molecule has 4 aromatic rings. The highest BCUT2D eigenvalue weighted by Gasteiger charge is 2.38. The van der Waals surface area contributed by atoms with Crippen molar-refractivity contribution in [1.29, 1.82) is 0 Å². The van der Waals surface area contributed by atoms with E-state index < -0.39 is 23.1 Å². The predicted molar refractivity (Wildman–Crippen MR) is 110 cm³/mol. The highest BCUT2D eigenvalue weighted by atomic mass is 35.5. The van der Waals surface area contributed by atoms with Crippen LogP contribution in [0.2, 0.25) is 0 Å². The van der Waals surface area contributed by atoms with Crippen molar-refractivity contribution >= 4 is 29.0 Å². The van der Waals surface area contributed by atoms with Crippen LogP contribution in [0.25, 0.3) is 5.65 Å². The minimum absolute atomic E-state index is 0.0409. The van der Waals surface area contributed by atoms with Crippen LogP contribution in [0.15, 0.2) is 42.5 Å². The highest BCUT2D eigenvalue weighted by Crippen LogP contribution is 2.35. The number of aromatic nitrogens is 5. The van der Waals surface area contributed by atoms with E-state index in [1.54, 1.807) is 25.1 Å². The number of nitrogens with zero attached hydrogens (tertiary/aromatic N) is 4. The normalized spacial score (nSPS) is 11.8. The van der Waals surface area contributed by atoms with E-state index in [4.69, 9.17) is 16.3 Å². The molecule has 0 atom stereocenters. The Morgan fingerprint density at radius 1 is 1.16 bits per heavy atom. The molecular formula is C20H18ClF3N6O. The fraction of sp³-hybridized carbons (Fsp3) is 0.250. The SMILES string of the molecule is Cc1cc(Nc2nc(C(F)(F)c3ccc(F)cc3)nc3ccc(OCCCCl)n23)n[nH]1. The Morgan fingerprint density at radius 3 is 2.61 bits per heavy atom. The van der Waals surface area contributed by atoms with E-state index in [-0.39, 0.29) is 11.6 Å². The molecule has 162 valence electrons. The van der Waals surface area contributed by atoms with Gasteiger partial charge in [0.2, 0.25) is 17.7 Å². The number of anilines is 2. The van der Waals surface area contributed by atoms with Crippen molar-refractivity contribution in [2.24, 2.45) is 0 Å². The minimum atomic E-state index is -3.56. The van der Waals surface area contributed by atoms with Gasteiger partial charge >= 0.3 is 5.92 Å². The molecule has 4 rings (SSSR count). The molecule has 31 heavy (non-hydrogen) atoms. The minimum Gasteiger partial charge on any atom is -0.478 e. The van der Waals surface area contributed by atoms with Crippen molar-refractivity contribution in [2.45, 2.75) is 19.3 Å². The molecule has 0 aliphatic rings. The second-order valence-electron chi connectivity index (χ2n) is 6.77. The van der Waals surface area contributed by atoms with E-state index in [0.717, 1.165) is 30.0 Å². The molecule has 11 heteroatoms. The van der Waals surface area contributed by atoms with Gasteiger partial charge in [0.1, 0.15) is 11.5 Å². The molecule has 0 saturated heterocycles. The second-order valence-corrected chi connectivity index (χ2v) is 7.15. The lowest BCUT2D eigenvalue weighted by Crippen LogP contribution is -2.21. The lowest BCUT2D eigenvalue weighted by atomic mass is 10.1. The predicted octanol–water partition coefficient (Wildman–Crippen LogP) is 4.79. The van der Waals surface area contributed by atoms with Gasteiger partial charge in [-0.05, 0) is 43.7 Å². The van der Waals surface area contributed by atoms with Gasteiger partial charge < -0.3 is 10.1 Å². The Hall–Kier alpha value is -3.27. The van der Waals surface area contributed by atoms with Gasteiger partial charge in [-0.3, -0.25) is 5.10 Å². The number of benzene rings is 1. The molecule has 0 aliphatic carbocycles. The lowest BCUT2D eigenvalue weighted by molar-refractivity contribution is 0.0329. The van der Waals surface area contributed by atoms with Crippen LogP contribution in [-0.2, 0) is 5.92 Å². The van der Waals surface area contributed by atoms with Gasteiger partial charge in [0.05, 0.1) is 6.61 Å². The molecule has 0 bridgehead atoms. The van der Waals surface area contributed by atoms with Crippen molar-refractivity contribution < 1.29 is 17.9 Å². The van der Waals surface area contributed by atoms with Crippen LogP contribution in [0.3, 0.4) is 0 Å². The first-order chi connectivity index (χ1) is 14.9. The number of aromatic amines is 1. The Labute approximate surface area is 180 Å². The van der Waals surface area contributed by atoms with Gasteiger partial charge in [-0.1, -0.05) is 0 Å². The first kappa shape index (κ1) is 21.0. The second kappa shape index (κ2) is 8.46. The first-order valence-electron chi connectivity index (χ1n) is 9.40. The molecule has 0 saturated carbocycles. The third kappa shape index (κ3) is 4.29. The number of halogens is 4. The maximum Gasteiger partial charge on any atom is 0.331 e. The van der Waals surface area contributed by atoms with E-state index in [0.29, 0.717) is 30.6 Å². The molecule has 0 amide bonds. The van der Waals surface area contributed by atoms with Gasteiger partial charge in [-0.2, -0.15) is 18.9 Å². The Morgan fingerprint density at radius 2 is 1.94 bits per heavy atom. The van der Waals surface area contributed by atoms with Crippen LogP contribution >= 0.6 is 11.6 Å². The van der Waals surface area contributed by atoms with Gasteiger partial charge in [0, 0.05) is 29.3 Å². The topological polar surface area (TPSA) is 80.1 Å². The van der Waals surface area contributed by atoms with Crippen molar-refractivity contribution in [2.75, 3.05) is 17.8 Å². The third-order valence-electron chi connectivity index (χ3n) is 4.43. The summed E-state index contributed by atoms with van der Waals surface area (Å²) in [6.45, 7) is 2.14. The molecule has 0 aliphatic heterocycles. The zero-order chi connectivity index (χ0) is 22.0. The zero-order valence-corrected chi connectivity index (χ0v) is 17.1. The molecule has 0 spiro atoms. The average molecular weight is 451 g/mol. The molecule has 2 N–H and O–H groups in total. The summed E-state index contributed by atoms with van der Waals surface area (Å²) in [5.74, 6) is -3.70. The number of nitrogens with one attached hydrogen (secondary N) is 2. The largest absolute Gasteiger partial charge is 0.478 e. The molecule has 3 heterocycles. The maximum absolute atomic E-state index is 15.2. The molecule has 1 aromatic carbocycles. The van der Waals surface area contributed by atoms with Crippen molar-refractivity contribution in [3.8, 4) is 5.88 Å². The van der Waals surface area contributed by atoms with Gasteiger partial charge in [-0.25, -0.2) is 13.8 Å². The van der Waals surface area contributed by atoms with Crippen LogP contribution in [-0.4, -0.2) is 37.1 Å². The molecule has 0 unspecified atom stereocenters. The van der Waals surface area contributed by atoms with Gasteiger partial charge in [0.25, 0.3) is 0 Å². The monoisotopic (exact) mass is 450 g/mol. The summed E-state index contributed by atoms with van der Waals surface area (Å²) in [5.41, 5.74) is 0.545. The van der Waals surface area contributed by atoms with E-state index >= 15 is 8.78 Å². The average Bonchev–Trinajstić information content (AvgIpc) is 3.34. The number of ether oxygens (including phenoxy) is 1. The Bertz CT molecular complexity index is 1190. The molecule has 0 fully saturated rings. The fourth-order valence-electron chi connectivity index (χ4n) is 2.94. The van der Waals surface area contributed by atoms with Crippen molar-refractivity contribution in [3.05, 3.63) is 65.4 Å². The van der Waals surface area contributed by atoms with E-state index in [2.05, 4.69) is 25.5 Å². The molecular weight excluding hydrogens is 433 g/mol.